The number of nitrogens with zero attached hydrogens (tertiary/aromatic N) is 4. The first kappa shape index (κ1) is 13.6. The van der Waals surface area contributed by atoms with Crippen LogP contribution in [-0.2, 0) is 12.8 Å². The normalized spacial score (nSPS) is 13.1. The highest BCUT2D eigenvalue weighted by molar-refractivity contribution is 7.98. The Labute approximate surface area is 115 Å². The molecule has 5 nitrogen and oxygen atoms in total. The largest absolute Gasteiger partial charge is 0.396 e. The first-order valence-corrected chi connectivity index (χ1v) is 7.17. The summed E-state index contributed by atoms with van der Waals surface area (Å²) in [5.41, 5.74) is 0.751. The second-order valence-corrected chi connectivity index (χ2v) is 5.63. The van der Waals surface area contributed by atoms with Gasteiger partial charge in [-0.15, -0.1) is 0 Å². The number of rotatable bonds is 5. The standard InChI is InChI=1S/C11H15ClN4OS/c1-7(4-17)5-18-6-9-14-10(12)8-3-13-16(2)11(8)15-9/h3,7,17H,4-6H2,1-2H3. The van der Waals surface area contributed by atoms with Crippen molar-refractivity contribution < 1.29 is 5.11 Å². The molecular weight excluding hydrogens is 272 g/mol. The maximum Gasteiger partial charge on any atom is 0.162 e. The molecule has 2 heterocycles. The van der Waals surface area contributed by atoms with Crippen LogP contribution < -0.4 is 0 Å². The second-order valence-electron chi connectivity index (χ2n) is 4.24. The van der Waals surface area contributed by atoms with Crippen LogP contribution in [0.5, 0.6) is 0 Å². The third-order valence-electron chi connectivity index (χ3n) is 2.54. The van der Waals surface area contributed by atoms with Crippen LogP contribution in [0.4, 0.5) is 0 Å². The van der Waals surface area contributed by atoms with E-state index in [2.05, 4.69) is 15.1 Å². The molecule has 2 rings (SSSR count). The Morgan fingerprint density at radius 1 is 1.50 bits per heavy atom. The third-order valence-corrected chi connectivity index (χ3v) is 4.09. The molecule has 1 N–H and O–H groups in total. The predicted octanol–water partition coefficient (Wildman–Crippen LogP) is 1.88. The predicted molar refractivity (Wildman–Crippen MR) is 73.7 cm³/mol. The summed E-state index contributed by atoms with van der Waals surface area (Å²) in [6, 6.07) is 0. The van der Waals surface area contributed by atoms with Gasteiger partial charge in [-0.05, 0) is 11.7 Å². The van der Waals surface area contributed by atoms with Gasteiger partial charge in [0, 0.05) is 13.7 Å². The molecule has 18 heavy (non-hydrogen) atoms. The summed E-state index contributed by atoms with van der Waals surface area (Å²) in [6.07, 6.45) is 1.67. The number of hydrogen-bond acceptors (Lipinski definition) is 5. The minimum atomic E-state index is 0.204. The monoisotopic (exact) mass is 286 g/mol. The van der Waals surface area contributed by atoms with Crippen LogP contribution in [0.3, 0.4) is 0 Å². The average Bonchev–Trinajstić information content (AvgIpc) is 2.72. The van der Waals surface area contributed by atoms with Crippen molar-refractivity contribution in [3.63, 3.8) is 0 Å². The van der Waals surface area contributed by atoms with Crippen LogP contribution >= 0.6 is 23.4 Å². The summed E-state index contributed by atoms with van der Waals surface area (Å²) < 4.78 is 1.69. The zero-order chi connectivity index (χ0) is 13.1. The molecule has 0 aliphatic heterocycles. The van der Waals surface area contributed by atoms with Crippen molar-refractivity contribution in [2.75, 3.05) is 12.4 Å². The number of aryl methyl sites for hydroxylation is 1. The minimum Gasteiger partial charge on any atom is -0.396 e. The van der Waals surface area contributed by atoms with Gasteiger partial charge in [0.15, 0.2) is 5.65 Å². The molecule has 0 radical (unpaired) electrons. The number of aromatic nitrogens is 4. The lowest BCUT2D eigenvalue weighted by Gasteiger charge is -2.06. The molecule has 7 heteroatoms. The van der Waals surface area contributed by atoms with Gasteiger partial charge in [-0.2, -0.15) is 16.9 Å². The van der Waals surface area contributed by atoms with Gasteiger partial charge in [-0.25, -0.2) is 9.97 Å². The molecule has 0 aliphatic carbocycles. The highest BCUT2D eigenvalue weighted by Crippen LogP contribution is 2.21. The van der Waals surface area contributed by atoms with Crippen molar-refractivity contribution in [3.05, 3.63) is 17.2 Å². The van der Waals surface area contributed by atoms with Crippen LogP contribution in [0.25, 0.3) is 11.0 Å². The number of thioether (sulfide) groups is 1. The number of fused-ring (bicyclic) bond motifs is 1. The molecule has 0 bridgehead atoms. The van der Waals surface area contributed by atoms with E-state index >= 15 is 0 Å². The molecular formula is C11H15ClN4OS. The van der Waals surface area contributed by atoms with Gasteiger partial charge in [0.05, 0.1) is 17.3 Å². The molecule has 1 unspecified atom stereocenters. The van der Waals surface area contributed by atoms with Crippen molar-refractivity contribution in [1.29, 1.82) is 0 Å². The second kappa shape index (κ2) is 5.86. The molecule has 0 aliphatic rings. The van der Waals surface area contributed by atoms with Gasteiger partial charge in [-0.1, -0.05) is 18.5 Å². The number of halogens is 1. The molecule has 2 aromatic rings. The third kappa shape index (κ3) is 2.93. The number of aliphatic hydroxyl groups excluding tert-OH is 1. The van der Waals surface area contributed by atoms with E-state index in [0.717, 1.165) is 16.8 Å². The van der Waals surface area contributed by atoms with E-state index in [4.69, 9.17) is 16.7 Å². The Hall–Kier alpha value is -0.850. The molecule has 0 fully saturated rings. The Morgan fingerprint density at radius 3 is 3.00 bits per heavy atom. The Bertz CT molecular complexity index is 545. The van der Waals surface area contributed by atoms with Gasteiger partial charge in [0.25, 0.3) is 0 Å². The summed E-state index contributed by atoms with van der Waals surface area (Å²) in [5, 5.41) is 14.3. The Morgan fingerprint density at radius 2 is 2.28 bits per heavy atom. The fourth-order valence-corrected chi connectivity index (χ4v) is 2.67. The lowest BCUT2D eigenvalue weighted by Crippen LogP contribution is -2.04. The number of hydrogen-bond donors (Lipinski definition) is 1. The maximum absolute atomic E-state index is 8.95. The van der Waals surface area contributed by atoms with E-state index in [1.54, 1.807) is 22.6 Å². The first-order valence-electron chi connectivity index (χ1n) is 5.64. The maximum atomic E-state index is 8.95. The smallest absolute Gasteiger partial charge is 0.162 e. The number of aliphatic hydroxyl groups is 1. The Kier molecular flexibility index (Phi) is 4.42. The SMILES string of the molecule is CC(CO)CSCc1nc(Cl)c2cnn(C)c2n1. The van der Waals surface area contributed by atoms with Crippen LogP contribution in [0.15, 0.2) is 6.20 Å². The van der Waals surface area contributed by atoms with Crippen LogP contribution in [0.2, 0.25) is 5.15 Å². The average molecular weight is 287 g/mol. The summed E-state index contributed by atoms with van der Waals surface area (Å²) in [6.45, 7) is 2.21. The van der Waals surface area contributed by atoms with Crippen molar-refractivity contribution in [2.45, 2.75) is 12.7 Å². The highest BCUT2D eigenvalue weighted by Gasteiger charge is 2.10. The van der Waals surface area contributed by atoms with E-state index in [1.807, 2.05) is 14.0 Å². The van der Waals surface area contributed by atoms with Crippen molar-refractivity contribution in [1.82, 2.24) is 19.7 Å². The van der Waals surface area contributed by atoms with E-state index < -0.39 is 0 Å². The molecule has 0 saturated heterocycles. The lowest BCUT2D eigenvalue weighted by molar-refractivity contribution is 0.250. The minimum absolute atomic E-state index is 0.204. The lowest BCUT2D eigenvalue weighted by atomic mass is 10.2. The van der Waals surface area contributed by atoms with Gasteiger partial charge >= 0.3 is 0 Å². The topological polar surface area (TPSA) is 63.8 Å². The quantitative estimate of drug-likeness (QED) is 0.850. The molecule has 2 aromatic heterocycles. The Balaban J connectivity index is 2.11. The molecule has 98 valence electrons. The van der Waals surface area contributed by atoms with E-state index in [-0.39, 0.29) is 12.5 Å². The van der Waals surface area contributed by atoms with E-state index in [1.165, 1.54) is 0 Å². The van der Waals surface area contributed by atoms with Gasteiger partial charge in [-0.3, -0.25) is 4.68 Å². The zero-order valence-corrected chi connectivity index (χ0v) is 11.9. The van der Waals surface area contributed by atoms with Gasteiger partial charge < -0.3 is 5.11 Å². The summed E-state index contributed by atoms with van der Waals surface area (Å²) in [7, 11) is 1.83. The highest BCUT2D eigenvalue weighted by atomic mass is 35.5. The fourth-order valence-electron chi connectivity index (χ4n) is 1.50. The van der Waals surface area contributed by atoms with Crippen LogP contribution in [0, 0.1) is 5.92 Å². The van der Waals surface area contributed by atoms with Gasteiger partial charge in [0.2, 0.25) is 0 Å². The van der Waals surface area contributed by atoms with E-state index in [9.17, 15) is 0 Å². The molecule has 0 spiro atoms. The van der Waals surface area contributed by atoms with Crippen LogP contribution in [0.1, 0.15) is 12.7 Å². The fraction of sp³-hybridized carbons (Fsp3) is 0.545. The molecule has 0 aromatic carbocycles. The van der Waals surface area contributed by atoms with Crippen molar-refractivity contribution in [2.24, 2.45) is 13.0 Å². The zero-order valence-electron chi connectivity index (χ0n) is 10.3. The summed E-state index contributed by atoms with van der Waals surface area (Å²) in [5.74, 6) is 2.55. The molecule has 0 amide bonds. The van der Waals surface area contributed by atoms with Gasteiger partial charge in [0.1, 0.15) is 11.0 Å². The van der Waals surface area contributed by atoms with E-state index in [0.29, 0.717) is 16.7 Å². The summed E-state index contributed by atoms with van der Waals surface area (Å²) >= 11 is 7.78. The van der Waals surface area contributed by atoms with Crippen molar-refractivity contribution >= 4 is 34.4 Å². The summed E-state index contributed by atoms with van der Waals surface area (Å²) in [4.78, 5) is 8.69. The first-order chi connectivity index (χ1) is 8.61. The molecule has 1 atom stereocenters. The van der Waals surface area contributed by atoms with Crippen LogP contribution in [-0.4, -0.2) is 37.2 Å². The molecule has 0 saturated carbocycles. The van der Waals surface area contributed by atoms with Crippen molar-refractivity contribution in [3.8, 4) is 0 Å².